The first-order chi connectivity index (χ1) is 15.7. The fourth-order valence-corrected chi connectivity index (χ4v) is 3.81. The molecule has 0 aliphatic heterocycles. The summed E-state index contributed by atoms with van der Waals surface area (Å²) in [4.78, 5) is 48.0. The third-order valence-corrected chi connectivity index (χ3v) is 5.67. The van der Waals surface area contributed by atoms with Crippen LogP contribution in [0.3, 0.4) is 0 Å². The Bertz CT molecular complexity index is 1160. The van der Waals surface area contributed by atoms with Crippen LogP contribution in [0.5, 0.6) is 0 Å². The highest BCUT2D eigenvalue weighted by molar-refractivity contribution is 6.30. The van der Waals surface area contributed by atoms with Crippen molar-refractivity contribution in [2.24, 2.45) is 0 Å². The van der Waals surface area contributed by atoms with E-state index in [-0.39, 0.29) is 30.5 Å². The third-order valence-electron chi connectivity index (χ3n) is 5.42. The first-order valence-corrected chi connectivity index (χ1v) is 11.0. The summed E-state index contributed by atoms with van der Waals surface area (Å²) in [6.45, 7) is 7.18. The fourth-order valence-electron chi connectivity index (χ4n) is 3.69. The van der Waals surface area contributed by atoms with Gasteiger partial charge >= 0.3 is 5.97 Å². The molecule has 0 spiro atoms. The molecule has 1 atom stereocenters. The molecule has 1 amide bonds. The number of benzene rings is 1. The van der Waals surface area contributed by atoms with E-state index >= 15 is 0 Å². The number of carbonyl (C=O) groups is 3. The van der Waals surface area contributed by atoms with Gasteiger partial charge in [-0.3, -0.25) is 14.6 Å². The van der Waals surface area contributed by atoms with E-state index < -0.39 is 12.0 Å². The number of nitrogens with zero attached hydrogens (tertiary/aromatic N) is 2. The van der Waals surface area contributed by atoms with E-state index in [4.69, 9.17) is 16.3 Å². The minimum atomic E-state index is -0.821. The number of esters is 1. The molecule has 2 aromatic heterocycles. The van der Waals surface area contributed by atoms with Gasteiger partial charge in [-0.15, -0.1) is 0 Å². The Labute approximate surface area is 197 Å². The van der Waals surface area contributed by atoms with Gasteiger partial charge in [0.2, 0.25) is 0 Å². The number of hydrogen-bond acceptors (Lipinski definition) is 5. The number of ketones is 1. The van der Waals surface area contributed by atoms with E-state index in [0.29, 0.717) is 33.1 Å². The van der Waals surface area contributed by atoms with Crippen LogP contribution >= 0.6 is 11.6 Å². The van der Waals surface area contributed by atoms with Crippen molar-refractivity contribution in [3.8, 4) is 0 Å². The largest absolute Gasteiger partial charge is 0.461 e. The Hall–Kier alpha value is -3.45. The van der Waals surface area contributed by atoms with Gasteiger partial charge in [0.15, 0.2) is 5.78 Å². The summed E-state index contributed by atoms with van der Waals surface area (Å²) in [5.41, 5.74) is 2.72. The molecule has 7 nitrogen and oxygen atoms in total. The normalized spacial score (nSPS) is 11.7. The predicted octanol–water partition coefficient (Wildman–Crippen LogP) is 4.77. The number of hydrogen-bond donors (Lipinski definition) is 1. The van der Waals surface area contributed by atoms with Crippen molar-refractivity contribution in [3.05, 3.63) is 87.5 Å². The maximum atomic E-state index is 13.6. The van der Waals surface area contributed by atoms with E-state index in [9.17, 15) is 14.4 Å². The van der Waals surface area contributed by atoms with Crippen LogP contribution in [0.1, 0.15) is 62.0 Å². The number of halogens is 1. The molecular formula is C25H26ClN3O4. The summed E-state index contributed by atoms with van der Waals surface area (Å²) in [6, 6.07) is 11.1. The van der Waals surface area contributed by atoms with Gasteiger partial charge in [-0.2, -0.15) is 0 Å². The molecule has 0 radical (unpaired) electrons. The van der Waals surface area contributed by atoms with Gasteiger partial charge in [0.1, 0.15) is 5.69 Å². The molecular weight excluding hydrogens is 442 g/mol. The van der Waals surface area contributed by atoms with Gasteiger partial charge in [-0.05, 0) is 69.7 Å². The van der Waals surface area contributed by atoms with Crippen molar-refractivity contribution in [1.82, 2.24) is 14.9 Å². The highest BCUT2D eigenvalue weighted by Crippen LogP contribution is 2.24. The SMILES string of the molecule is CCOC(=O)c1[nH]c(C)c(C(=O)[C@H](C)N(Cc2ccccn2)C(=O)c2ccc(Cl)cc2)c1C. The first kappa shape index (κ1) is 24.2. The molecule has 33 heavy (non-hydrogen) atoms. The lowest BCUT2D eigenvalue weighted by Crippen LogP contribution is -2.43. The molecule has 0 unspecified atom stereocenters. The quantitative estimate of drug-likeness (QED) is 0.380. The van der Waals surface area contributed by atoms with Crippen molar-refractivity contribution in [1.29, 1.82) is 0 Å². The predicted molar refractivity (Wildman–Crippen MR) is 126 cm³/mol. The van der Waals surface area contributed by atoms with Crippen molar-refractivity contribution >= 4 is 29.3 Å². The lowest BCUT2D eigenvalue weighted by Gasteiger charge is -2.28. The number of aromatic amines is 1. The summed E-state index contributed by atoms with van der Waals surface area (Å²) in [5, 5.41) is 0.511. The van der Waals surface area contributed by atoms with Crippen LogP contribution in [-0.4, -0.2) is 45.2 Å². The van der Waals surface area contributed by atoms with Gasteiger partial charge in [-0.25, -0.2) is 4.79 Å². The summed E-state index contributed by atoms with van der Waals surface area (Å²) in [7, 11) is 0. The highest BCUT2D eigenvalue weighted by Gasteiger charge is 2.32. The highest BCUT2D eigenvalue weighted by atomic mass is 35.5. The number of carbonyl (C=O) groups excluding carboxylic acids is 3. The number of pyridine rings is 1. The molecule has 3 rings (SSSR count). The van der Waals surface area contributed by atoms with Gasteiger partial charge < -0.3 is 14.6 Å². The van der Waals surface area contributed by atoms with Crippen LogP contribution in [0.4, 0.5) is 0 Å². The van der Waals surface area contributed by atoms with Crippen molar-refractivity contribution in [3.63, 3.8) is 0 Å². The fraction of sp³-hybridized carbons (Fsp3) is 0.280. The number of rotatable bonds is 8. The second-order valence-corrected chi connectivity index (χ2v) is 8.08. The minimum Gasteiger partial charge on any atom is -0.461 e. The molecule has 0 saturated carbocycles. The van der Waals surface area contributed by atoms with Gasteiger partial charge in [-0.1, -0.05) is 17.7 Å². The summed E-state index contributed by atoms with van der Waals surface area (Å²) in [6.07, 6.45) is 1.64. The van der Waals surface area contributed by atoms with Crippen LogP contribution in [0, 0.1) is 13.8 Å². The van der Waals surface area contributed by atoms with Crippen LogP contribution in [0.2, 0.25) is 5.02 Å². The molecule has 0 bridgehead atoms. The van der Waals surface area contributed by atoms with E-state index in [1.807, 2.05) is 6.07 Å². The van der Waals surface area contributed by atoms with E-state index in [0.717, 1.165) is 0 Å². The molecule has 8 heteroatoms. The zero-order chi connectivity index (χ0) is 24.1. The molecule has 0 aliphatic rings. The molecule has 1 aromatic carbocycles. The molecule has 0 aliphatic carbocycles. The number of nitrogens with one attached hydrogen (secondary N) is 1. The van der Waals surface area contributed by atoms with Gasteiger partial charge in [0.25, 0.3) is 5.91 Å². The second-order valence-electron chi connectivity index (χ2n) is 7.65. The summed E-state index contributed by atoms with van der Waals surface area (Å²) in [5.74, 6) is -1.13. The summed E-state index contributed by atoms with van der Waals surface area (Å²) >= 11 is 5.97. The van der Waals surface area contributed by atoms with Crippen LogP contribution in [-0.2, 0) is 11.3 Å². The lowest BCUT2D eigenvalue weighted by atomic mass is 9.99. The number of aromatic nitrogens is 2. The molecule has 0 fully saturated rings. The minimum absolute atomic E-state index is 0.141. The Kier molecular flexibility index (Phi) is 7.66. The lowest BCUT2D eigenvalue weighted by molar-refractivity contribution is 0.0518. The van der Waals surface area contributed by atoms with E-state index in [2.05, 4.69) is 9.97 Å². The summed E-state index contributed by atoms with van der Waals surface area (Å²) < 4.78 is 5.08. The van der Waals surface area contributed by atoms with Crippen LogP contribution in [0.25, 0.3) is 0 Å². The molecule has 172 valence electrons. The average molecular weight is 468 g/mol. The van der Waals surface area contributed by atoms with E-state index in [1.165, 1.54) is 4.90 Å². The zero-order valence-corrected chi connectivity index (χ0v) is 19.8. The molecule has 2 heterocycles. The zero-order valence-electron chi connectivity index (χ0n) is 19.0. The number of H-pyrrole nitrogens is 1. The maximum Gasteiger partial charge on any atom is 0.355 e. The second kappa shape index (κ2) is 10.4. The third kappa shape index (κ3) is 5.31. The number of Topliss-reactive ketones (excluding diaryl/α,β-unsaturated/α-hetero) is 1. The number of aryl methyl sites for hydroxylation is 1. The van der Waals surface area contributed by atoms with Crippen LogP contribution in [0.15, 0.2) is 48.7 Å². The molecule has 3 aromatic rings. The Morgan fingerprint density at radius 1 is 1.12 bits per heavy atom. The van der Waals surface area contributed by atoms with E-state index in [1.54, 1.807) is 70.3 Å². The van der Waals surface area contributed by atoms with Crippen molar-refractivity contribution < 1.29 is 19.1 Å². The Morgan fingerprint density at radius 2 is 1.82 bits per heavy atom. The number of amides is 1. The standard InChI is InChI=1S/C25H26ClN3O4/c1-5-33-25(32)22-15(2)21(16(3)28-22)23(30)17(4)29(14-20-8-6-7-13-27-20)24(31)18-9-11-19(26)12-10-18/h6-13,17,28H,5,14H2,1-4H3/t17-/m0/s1. The smallest absolute Gasteiger partial charge is 0.355 e. The molecule has 1 N–H and O–H groups in total. The topological polar surface area (TPSA) is 92.4 Å². The van der Waals surface area contributed by atoms with Gasteiger partial charge in [0.05, 0.1) is 24.9 Å². The number of ether oxygens (including phenoxy) is 1. The van der Waals surface area contributed by atoms with Crippen molar-refractivity contribution in [2.75, 3.05) is 6.61 Å². The van der Waals surface area contributed by atoms with Crippen molar-refractivity contribution in [2.45, 2.75) is 40.3 Å². The average Bonchev–Trinajstić information content (AvgIpc) is 3.11. The maximum absolute atomic E-state index is 13.6. The Morgan fingerprint density at radius 3 is 2.42 bits per heavy atom. The Balaban J connectivity index is 1.98. The van der Waals surface area contributed by atoms with Crippen LogP contribution < -0.4 is 0 Å². The monoisotopic (exact) mass is 467 g/mol. The van der Waals surface area contributed by atoms with Gasteiger partial charge in [0, 0.05) is 28.0 Å². The first-order valence-electron chi connectivity index (χ1n) is 10.6. The molecule has 0 saturated heterocycles.